The molecular formula is C12H15N3O2S2. The summed E-state index contributed by atoms with van der Waals surface area (Å²) in [5.74, 6) is 0. The van der Waals surface area contributed by atoms with Gasteiger partial charge in [-0.25, -0.2) is 18.1 Å². The summed E-state index contributed by atoms with van der Waals surface area (Å²) in [6, 6.07) is 5.01. The monoisotopic (exact) mass is 297 g/mol. The van der Waals surface area contributed by atoms with Gasteiger partial charge in [0.15, 0.2) is 0 Å². The molecule has 2 aromatic rings. The molecule has 0 atom stereocenters. The minimum Gasteiger partial charge on any atom is -0.378 e. The highest BCUT2D eigenvalue weighted by Gasteiger charge is 2.12. The molecule has 2 rings (SSSR count). The maximum Gasteiger partial charge on any atom is 0.240 e. The van der Waals surface area contributed by atoms with Gasteiger partial charge in [-0.3, -0.25) is 0 Å². The van der Waals surface area contributed by atoms with Crippen LogP contribution in [-0.2, 0) is 16.6 Å². The Hall–Kier alpha value is -1.44. The molecule has 0 fully saturated rings. The van der Waals surface area contributed by atoms with E-state index in [1.54, 1.807) is 35.7 Å². The fourth-order valence-corrected chi connectivity index (χ4v) is 2.90. The second kappa shape index (κ2) is 5.68. The van der Waals surface area contributed by atoms with Crippen LogP contribution >= 0.6 is 11.3 Å². The van der Waals surface area contributed by atoms with Gasteiger partial charge in [0.2, 0.25) is 10.0 Å². The van der Waals surface area contributed by atoms with E-state index < -0.39 is 10.0 Å². The Kier molecular flexibility index (Phi) is 4.18. The van der Waals surface area contributed by atoms with Gasteiger partial charge >= 0.3 is 0 Å². The zero-order valence-corrected chi connectivity index (χ0v) is 12.3. The van der Waals surface area contributed by atoms with E-state index in [2.05, 4.69) is 15.0 Å². The minimum absolute atomic E-state index is 0.252. The predicted molar refractivity (Wildman–Crippen MR) is 76.9 cm³/mol. The van der Waals surface area contributed by atoms with Crippen LogP contribution in [0.3, 0.4) is 0 Å². The molecule has 1 heterocycles. The lowest BCUT2D eigenvalue weighted by Gasteiger charge is -2.10. The second-order valence-corrected chi connectivity index (χ2v) is 6.83. The number of anilines is 1. The molecule has 1 aromatic carbocycles. The number of aryl methyl sites for hydroxylation is 1. The number of hydrogen-bond acceptors (Lipinski definition) is 5. The lowest BCUT2D eigenvalue weighted by molar-refractivity contribution is 0.588. The van der Waals surface area contributed by atoms with Crippen LogP contribution in [0.2, 0.25) is 0 Å². The lowest BCUT2D eigenvalue weighted by Crippen LogP contribution is -2.18. The van der Waals surface area contributed by atoms with Crippen LogP contribution in [0, 0.1) is 6.92 Å². The summed E-state index contributed by atoms with van der Waals surface area (Å²) in [7, 11) is -2.01. The highest BCUT2D eigenvalue weighted by Crippen LogP contribution is 2.21. The first-order valence-electron chi connectivity index (χ1n) is 5.69. The number of aromatic nitrogens is 1. The molecule has 0 aliphatic heterocycles. The van der Waals surface area contributed by atoms with E-state index in [0.29, 0.717) is 6.54 Å². The van der Waals surface area contributed by atoms with Gasteiger partial charge in [0.05, 0.1) is 11.4 Å². The first kappa shape index (κ1) is 14.0. The minimum atomic E-state index is -3.41. The summed E-state index contributed by atoms with van der Waals surface area (Å²) < 4.78 is 25.8. The molecule has 0 spiro atoms. The predicted octanol–water partition coefficient (Wildman–Crippen LogP) is 1.97. The molecule has 0 aliphatic rings. The van der Waals surface area contributed by atoms with Crippen LogP contribution < -0.4 is 10.0 Å². The van der Waals surface area contributed by atoms with Gasteiger partial charge < -0.3 is 5.32 Å². The molecule has 5 nitrogen and oxygen atoms in total. The first-order valence-corrected chi connectivity index (χ1v) is 8.05. The summed E-state index contributed by atoms with van der Waals surface area (Å²) in [5.41, 5.74) is 1.79. The number of rotatable bonds is 5. The van der Waals surface area contributed by atoms with Crippen LogP contribution in [0.1, 0.15) is 10.6 Å². The van der Waals surface area contributed by atoms with Gasteiger partial charge in [-0.15, -0.1) is 11.3 Å². The SMILES string of the molecule is CNS(=O)(=O)c1ccc(C)c(NCc2nccs2)c1. The summed E-state index contributed by atoms with van der Waals surface area (Å²) in [6.07, 6.45) is 1.75. The normalized spacial score (nSPS) is 11.5. The number of thiazole rings is 1. The molecule has 0 saturated carbocycles. The molecule has 1 aromatic heterocycles. The van der Waals surface area contributed by atoms with Gasteiger partial charge in [0, 0.05) is 17.3 Å². The van der Waals surface area contributed by atoms with E-state index >= 15 is 0 Å². The maximum absolute atomic E-state index is 11.7. The summed E-state index contributed by atoms with van der Waals surface area (Å²) in [5, 5.41) is 6.08. The van der Waals surface area contributed by atoms with Crippen molar-refractivity contribution < 1.29 is 8.42 Å². The average molecular weight is 297 g/mol. The molecule has 0 radical (unpaired) electrons. The van der Waals surface area contributed by atoms with Crippen LogP contribution in [0.4, 0.5) is 5.69 Å². The molecule has 0 amide bonds. The van der Waals surface area contributed by atoms with Crippen molar-refractivity contribution in [1.82, 2.24) is 9.71 Å². The standard InChI is InChI=1S/C12H15N3O2S2/c1-9-3-4-10(19(16,17)13-2)7-11(9)15-8-12-14-5-6-18-12/h3-7,13,15H,8H2,1-2H3. The quantitative estimate of drug-likeness (QED) is 0.885. The van der Waals surface area contributed by atoms with Crippen molar-refractivity contribution in [2.75, 3.05) is 12.4 Å². The van der Waals surface area contributed by atoms with Gasteiger partial charge in [0.25, 0.3) is 0 Å². The van der Waals surface area contributed by atoms with E-state index in [0.717, 1.165) is 16.3 Å². The molecule has 7 heteroatoms. The Morgan fingerprint density at radius 2 is 2.16 bits per heavy atom. The molecule has 19 heavy (non-hydrogen) atoms. The molecule has 0 bridgehead atoms. The topological polar surface area (TPSA) is 71.1 Å². The summed E-state index contributed by atoms with van der Waals surface area (Å²) in [4.78, 5) is 4.43. The number of benzene rings is 1. The number of sulfonamides is 1. The van der Waals surface area contributed by atoms with Crippen molar-refractivity contribution in [3.63, 3.8) is 0 Å². The van der Waals surface area contributed by atoms with E-state index in [1.807, 2.05) is 12.3 Å². The largest absolute Gasteiger partial charge is 0.378 e. The summed E-state index contributed by atoms with van der Waals surface area (Å²) in [6.45, 7) is 2.52. The Balaban J connectivity index is 2.22. The fourth-order valence-electron chi connectivity index (χ4n) is 1.59. The molecule has 102 valence electrons. The van der Waals surface area contributed by atoms with Crippen molar-refractivity contribution in [3.05, 3.63) is 40.3 Å². The van der Waals surface area contributed by atoms with Crippen molar-refractivity contribution >= 4 is 27.0 Å². The Labute approximate surface area is 116 Å². The van der Waals surface area contributed by atoms with Gasteiger partial charge in [-0.05, 0) is 31.7 Å². The third-order valence-corrected chi connectivity index (χ3v) is 4.89. The number of nitrogens with one attached hydrogen (secondary N) is 2. The Bertz CT molecular complexity index is 652. The average Bonchev–Trinajstić information content (AvgIpc) is 2.90. The van der Waals surface area contributed by atoms with E-state index in [9.17, 15) is 8.42 Å². The third kappa shape index (κ3) is 3.31. The van der Waals surface area contributed by atoms with Crippen molar-refractivity contribution in [2.45, 2.75) is 18.4 Å². The molecule has 0 saturated heterocycles. The Morgan fingerprint density at radius 1 is 1.37 bits per heavy atom. The highest BCUT2D eigenvalue weighted by atomic mass is 32.2. The molecular weight excluding hydrogens is 282 g/mol. The van der Waals surface area contributed by atoms with Crippen LogP contribution in [-0.4, -0.2) is 20.4 Å². The van der Waals surface area contributed by atoms with Crippen molar-refractivity contribution in [1.29, 1.82) is 0 Å². The maximum atomic E-state index is 11.7. The van der Waals surface area contributed by atoms with E-state index in [-0.39, 0.29) is 4.90 Å². The zero-order valence-electron chi connectivity index (χ0n) is 10.7. The van der Waals surface area contributed by atoms with Gasteiger partial charge in [-0.2, -0.15) is 0 Å². The second-order valence-electron chi connectivity index (χ2n) is 3.96. The summed E-state index contributed by atoms with van der Waals surface area (Å²) >= 11 is 1.56. The highest BCUT2D eigenvalue weighted by molar-refractivity contribution is 7.89. The van der Waals surface area contributed by atoms with Crippen LogP contribution in [0.15, 0.2) is 34.7 Å². The number of nitrogens with zero attached hydrogens (tertiary/aromatic N) is 1. The van der Waals surface area contributed by atoms with Gasteiger partial charge in [-0.1, -0.05) is 6.07 Å². The lowest BCUT2D eigenvalue weighted by atomic mass is 10.2. The fraction of sp³-hybridized carbons (Fsp3) is 0.250. The Morgan fingerprint density at radius 3 is 2.79 bits per heavy atom. The zero-order chi connectivity index (χ0) is 13.9. The van der Waals surface area contributed by atoms with E-state index in [4.69, 9.17) is 0 Å². The third-order valence-electron chi connectivity index (χ3n) is 2.70. The van der Waals surface area contributed by atoms with Crippen LogP contribution in [0.25, 0.3) is 0 Å². The molecule has 0 unspecified atom stereocenters. The molecule has 0 aliphatic carbocycles. The molecule has 2 N–H and O–H groups in total. The van der Waals surface area contributed by atoms with Crippen molar-refractivity contribution in [2.24, 2.45) is 0 Å². The van der Waals surface area contributed by atoms with E-state index in [1.165, 1.54) is 7.05 Å². The van der Waals surface area contributed by atoms with Gasteiger partial charge in [0.1, 0.15) is 5.01 Å². The smallest absolute Gasteiger partial charge is 0.240 e. The number of hydrogen-bond donors (Lipinski definition) is 2. The van der Waals surface area contributed by atoms with Crippen LogP contribution in [0.5, 0.6) is 0 Å². The first-order chi connectivity index (χ1) is 9.03. The van der Waals surface area contributed by atoms with Crippen molar-refractivity contribution in [3.8, 4) is 0 Å².